The predicted octanol–water partition coefficient (Wildman–Crippen LogP) is 2.46. The topological polar surface area (TPSA) is 79.6 Å². The summed E-state index contributed by atoms with van der Waals surface area (Å²) in [6.07, 6.45) is 2.26. The number of amides is 1. The fourth-order valence-electron chi connectivity index (χ4n) is 3.37. The predicted molar refractivity (Wildman–Crippen MR) is 105 cm³/mol. The van der Waals surface area contributed by atoms with Gasteiger partial charge in [-0.05, 0) is 24.8 Å². The first kappa shape index (κ1) is 18.5. The molecule has 28 heavy (non-hydrogen) atoms. The molecule has 7 nitrogen and oxygen atoms in total. The van der Waals surface area contributed by atoms with E-state index >= 15 is 0 Å². The van der Waals surface area contributed by atoms with Crippen LogP contribution in [0.4, 0.5) is 9.52 Å². The summed E-state index contributed by atoms with van der Waals surface area (Å²) in [5, 5.41) is 7.93. The molecule has 3 heterocycles. The number of halogens is 1. The summed E-state index contributed by atoms with van der Waals surface area (Å²) < 4.78 is 15.2. The van der Waals surface area contributed by atoms with Gasteiger partial charge in [-0.25, -0.2) is 4.39 Å². The van der Waals surface area contributed by atoms with Crippen molar-refractivity contribution in [3.05, 3.63) is 57.8 Å². The van der Waals surface area contributed by atoms with Crippen LogP contribution in [0.5, 0.6) is 0 Å². The van der Waals surface area contributed by atoms with Crippen molar-refractivity contribution >= 4 is 27.3 Å². The van der Waals surface area contributed by atoms with Crippen LogP contribution in [0.25, 0.3) is 4.96 Å². The third-order valence-corrected chi connectivity index (χ3v) is 5.77. The van der Waals surface area contributed by atoms with Gasteiger partial charge in [-0.2, -0.15) is 9.50 Å². The molecule has 3 aromatic rings. The van der Waals surface area contributed by atoms with E-state index in [1.54, 1.807) is 18.2 Å². The van der Waals surface area contributed by atoms with Gasteiger partial charge in [0.2, 0.25) is 10.1 Å². The van der Waals surface area contributed by atoms with Gasteiger partial charge in [-0.3, -0.25) is 9.59 Å². The molecule has 1 aliphatic rings. The second-order valence-corrected chi connectivity index (χ2v) is 7.96. The van der Waals surface area contributed by atoms with Crippen molar-refractivity contribution in [2.45, 2.75) is 26.3 Å². The second kappa shape index (κ2) is 7.67. The maximum absolute atomic E-state index is 13.8. The zero-order valence-electron chi connectivity index (χ0n) is 15.4. The van der Waals surface area contributed by atoms with Gasteiger partial charge in [0.05, 0.1) is 0 Å². The van der Waals surface area contributed by atoms with Crippen molar-refractivity contribution in [3.63, 3.8) is 0 Å². The molecule has 1 atom stereocenters. The first-order valence-corrected chi connectivity index (χ1v) is 10.0. The molecule has 2 aromatic heterocycles. The molecule has 1 aromatic carbocycles. The smallest absolute Gasteiger partial charge is 0.274 e. The van der Waals surface area contributed by atoms with Crippen LogP contribution in [0.1, 0.15) is 35.8 Å². The van der Waals surface area contributed by atoms with Gasteiger partial charge in [0.25, 0.3) is 11.5 Å². The van der Waals surface area contributed by atoms with Crippen LogP contribution in [0.2, 0.25) is 0 Å². The minimum atomic E-state index is -0.502. The minimum Gasteiger partial charge on any atom is -0.347 e. The number of carbonyl (C=O) groups excluding carboxylic acids is 1. The summed E-state index contributed by atoms with van der Waals surface area (Å²) in [6.45, 7) is 4.00. The van der Waals surface area contributed by atoms with E-state index < -0.39 is 17.3 Å². The van der Waals surface area contributed by atoms with Gasteiger partial charge in [0, 0.05) is 31.3 Å². The number of nitrogens with zero attached hydrogens (tertiary/aromatic N) is 4. The van der Waals surface area contributed by atoms with Crippen molar-refractivity contribution in [1.29, 1.82) is 0 Å². The number of piperidine rings is 1. The Labute approximate surface area is 164 Å². The lowest BCUT2D eigenvalue weighted by atomic mass is 10.0. The summed E-state index contributed by atoms with van der Waals surface area (Å²) >= 11 is 1.30. The average molecular weight is 401 g/mol. The van der Waals surface area contributed by atoms with Gasteiger partial charge in [-0.1, -0.05) is 36.5 Å². The lowest BCUT2D eigenvalue weighted by Crippen LogP contribution is -2.34. The van der Waals surface area contributed by atoms with E-state index in [1.807, 2.05) is 0 Å². The summed E-state index contributed by atoms with van der Waals surface area (Å²) in [6, 6.07) is 7.38. The number of fused-ring (bicyclic) bond motifs is 1. The summed E-state index contributed by atoms with van der Waals surface area (Å²) in [7, 11) is 0. The van der Waals surface area contributed by atoms with Gasteiger partial charge in [0.1, 0.15) is 11.5 Å². The Hall–Kier alpha value is -2.81. The number of benzene rings is 1. The van der Waals surface area contributed by atoms with Crippen molar-refractivity contribution in [2.75, 3.05) is 18.0 Å². The van der Waals surface area contributed by atoms with Crippen LogP contribution >= 0.6 is 11.3 Å². The average Bonchev–Trinajstić information content (AvgIpc) is 3.10. The van der Waals surface area contributed by atoms with E-state index in [-0.39, 0.29) is 12.2 Å². The lowest BCUT2D eigenvalue weighted by Gasteiger charge is -2.30. The highest BCUT2D eigenvalue weighted by atomic mass is 32.1. The van der Waals surface area contributed by atoms with Gasteiger partial charge in [0.15, 0.2) is 0 Å². The quantitative estimate of drug-likeness (QED) is 0.727. The maximum Gasteiger partial charge on any atom is 0.274 e. The van der Waals surface area contributed by atoms with E-state index in [1.165, 1.54) is 28.3 Å². The number of hydrogen-bond donors (Lipinski definition) is 1. The fourth-order valence-corrected chi connectivity index (χ4v) is 4.31. The summed E-state index contributed by atoms with van der Waals surface area (Å²) in [5.41, 5.74) is -0.0353. The Morgan fingerprint density at radius 1 is 1.39 bits per heavy atom. The molecule has 0 unspecified atom stereocenters. The molecule has 0 radical (unpaired) electrons. The van der Waals surface area contributed by atoms with Crippen molar-refractivity contribution in [1.82, 2.24) is 19.9 Å². The third-order valence-electron chi connectivity index (χ3n) is 4.80. The first-order valence-electron chi connectivity index (χ1n) is 9.19. The minimum absolute atomic E-state index is 0.0186. The highest BCUT2D eigenvalue weighted by Crippen LogP contribution is 2.27. The molecule has 0 saturated carbocycles. The highest BCUT2D eigenvalue weighted by molar-refractivity contribution is 7.20. The van der Waals surface area contributed by atoms with E-state index in [9.17, 15) is 14.0 Å². The fraction of sp³-hybridized carbons (Fsp3) is 0.368. The monoisotopic (exact) mass is 401 g/mol. The number of anilines is 1. The number of carbonyl (C=O) groups is 1. The molecule has 1 amide bonds. The number of hydrogen-bond acceptors (Lipinski definition) is 6. The molecular formula is C19H20FN5O2S. The zero-order valence-corrected chi connectivity index (χ0v) is 16.2. The van der Waals surface area contributed by atoms with E-state index in [2.05, 4.69) is 27.2 Å². The number of rotatable bonds is 4. The number of aromatic nitrogens is 3. The molecule has 1 saturated heterocycles. The van der Waals surface area contributed by atoms with E-state index in [0.717, 1.165) is 30.7 Å². The highest BCUT2D eigenvalue weighted by Gasteiger charge is 2.22. The van der Waals surface area contributed by atoms with Crippen molar-refractivity contribution in [2.24, 2.45) is 5.92 Å². The second-order valence-electron chi connectivity index (χ2n) is 7.03. The molecule has 146 valence electrons. The van der Waals surface area contributed by atoms with Gasteiger partial charge in [-0.15, -0.1) is 5.10 Å². The van der Waals surface area contributed by atoms with E-state index in [0.29, 0.717) is 16.4 Å². The van der Waals surface area contributed by atoms with Crippen LogP contribution in [0.3, 0.4) is 0 Å². The maximum atomic E-state index is 13.8. The van der Waals surface area contributed by atoms with Crippen LogP contribution in [-0.2, 0) is 6.54 Å². The molecule has 0 bridgehead atoms. The molecular weight excluding hydrogens is 381 g/mol. The SMILES string of the molecule is C[C@H]1CCCN(c2nn3c(C(=O)NCc4ccccc4F)cc(=O)nc3s2)C1. The van der Waals surface area contributed by atoms with Crippen molar-refractivity contribution < 1.29 is 9.18 Å². The Balaban J connectivity index is 1.61. The molecule has 9 heteroatoms. The molecule has 1 aliphatic heterocycles. The Morgan fingerprint density at radius 2 is 2.21 bits per heavy atom. The molecule has 0 aliphatic carbocycles. The van der Waals surface area contributed by atoms with Crippen LogP contribution in [0, 0.1) is 11.7 Å². The van der Waals surface area contributed by atoms with Gasteiger partial charge < -0.3 is 10.2 Å². The summed E-state index contributed by atoms with van der Waals surface area (Å²) in [4.78, 5) is 31.2. The largest absolute Gasteiger partial charge is 0.347 e. The Morgan fingerprint density at radius 3 is 3.00 bits per heavy atom. The van der Waals surface area contributed by atoms with Crippen molar-refractivity contribution in [3.8, 4) is 0 Å². The first-order chi connectivity index (χ1) is 13.5. The Bertz CT molecular complexity index is 1080. The van der Waals surface area contributed by atoms with Crippen LogP contribution in [0.15, 0.2) is 35.1 Å². The standard InChI is InChI=1S/C19H20FN5O2S/c1-12-5-4-8-24(11-12)19-23-25-15(9-16(26)22-18(25)28-19)17(27)21-10-13-6-2-3-7-14(13)20/h2-3,6-7,9,12H,4-5,8,10-11H2,1H3,(H,21,27)/t12-/m0/s1. The van der Waals surface area contributed by atoms with Gasteiger partial charge >= 0.3 is 0 Å². The third kappa shape index (κ3) is 3.75. The lowest BCUT2D eigenvalue weighted by molar-refractivity contribution is 0.0943. The molecule has 1 fully saturated rings. The zero-order chi connectivity index (χ0) is 19.7. The van der Waals surface area contributed by atoms with Crippen LogP contribution in [-0.4, -0.2) is 33.6 Å². The normalized spacial score (nSPS) is 17.1. The van der Waals surface area contributed by atoms with E-state index in [4.69, 9.17) is 0 Å². The van der Waals surface area contributed by atoms with Crippen LogP contribution < -0.4 is 15.8 Å². The molecule has 0 spiro atoms. The summed E-state index contributed by atoms with van der Waals surface area (Å²) in [5.74, 6) is -0.325. The molecule has 4 rings (SSSR count). The Kier molecular flexibility index (Phi) is 5.08. The number of nitrogens with one attached hydrogen (secondary N) is 1. The molecule has 1 N–H and O–H groups in total.